The third kappa shape index (κ3) is 3.86. The second kappa shape index (κ2) is 6.01. The molecule has 2 aromatic carbocycles. The lowest BCUT2D eigenvalue weighted by atomic mass is 9.87. The summed E-state index contributed by atoms with van der Waals surface area (Å²) >= 11 is 3.53. The van der Waals surface area contributed by atoms with Crippen LogP contribution in [0, 0.1) is 6.92 Å². The van der Waals surface area contributed by atoms with Crippen molar-refractivity contribution in [2.45, 2.75) is 39.7 Å². The number of hydrogen-bond acceptors (Lipinski definition) is 1. The number of nitrogens with one attached hydrogen (secondary N) is 1. The summed E-state index contributed by atoms with van der Waals surface area (Å²) in [5.41, 5.74) is 5.31. The number of hydrogen-bond donors (Lipinski definition) is 1. The third-order valence-electron chi connectivity index (χ3n) is 3.47. The zero-order valence-corrected chi connectivity index (χ0v) is 14.2. The average molecular weight is 332 g/mol. The maximum Gasteiger partial charge on any atom is 0.0400 e. The molecule has 0 unspecified atom stereocenters. The van der Waals surface area contributed by atoms with E-state index >= 15 is 0 Å². The summed E-state index contributed by atoms with van der Waals surface area (Å²) in [5.74, 6) is 0. The molecule has 0 fully saturated rings. The Bertz CT molecular complexity index is 579. The summed E-state index contributed by atoms with van der Waals surface area (Å²) < 4.78 is 1.16. The van der Waals surface area contributed by atoms with E-state index in [1.807, 2.05) is 0 Å². The van der Waals surface area contributed by atoms with Crippen LogP contribution in [0.25, 0.3) is 0 Å². The van der Waals surface area contributed by atoms with Gasteiger partial charge in [-0.05, 0) is 47.2 Å². The highest BCUT2D eigenvalue weighted by molar-refractivity contribution is 9.10. The standard InChI is InChI=1S/C18H22BrN/c1-13-11-14(5-10-17(13)19)12-20-16-8-6-15(7-9-16)18(2,3)4/h5-11,20H,12H2,1-4H3. The van der Waals surface area contributed by atoms with E-state index in [9.17, 15) is 0 Å². The van der Waals surface area contributed by atoms with Crippen LogP contribution in [0.4, 0.5) is 5.69 Å². The second-order valence-corrected chi connectivity index (χ2v) is 7.12. The first-order valence-corrected chi connectivity index (χ1v) is 7.75. The largest absolute Gasteiger partial charge is 0.381 e. The van der Waals surface area contributed by atoms with Gasteiger partial charge in [-0.25, -0.2) is 0 Å². The number of halogens is 1. The van der Waals surface area contributed by atoms with Crippen LogP contribution in [0.2, 0.25) is 0 Å². The van der Waals surface area contributed by atoms with Crippen molar-refractivity contribution in [2.75, 3.05) is 5.32 Å². The Kier molecular flexibility index (Phi) is 4.54. The summed E-state index contributed by atoms with van der Waals surface area (Å²) in [6.45, 7) is 9.68. The Labute approximate surface area is 130 Å². The van der Waals surface area contributed by atoms with Gasteiger partial charge in [0.1, 0.15) is 0 Å². The highest BCUT2D eigenvalue weighted by Gasteiger charge is 2.12. The molecule has 0 heterocycles. The van der Waals surface area contributed by atoms with Crippen LogP contribution in [0.15, 0.2) is 46.9 Å². The minimum absolute atomic E-state index is 0.210. The Morgan fingerprint density at radius 1 is 1.00 bits per heavy atom. The van der Waals surface area contributed by atoms with Gasteiger partial charge in [-0.3, -0.25) is 0 Å². The van der Waals surface area contributed by atoms with Crippen LogP contribution in [0.1, 0.15) is 37.5 Å². The number of benzene rings is 2. The van der Waals surface area contributed by atoms with Crippen molar-refractivity contribution in [3.05, 3.63) is 63.6 Å². The van der Waals surface area contributed by atoms with Crippen molar-refractivity contribution in [1.29, 1.82) is 0 Å². The molecule has 0 aliphatic carbocycles. The van der Waals surface area contributed by atoms with E-state index in [-0.39, 0.29) is 5.41 Å². The monoisotopic (exact) mass is 331 g/mol. The van der Waals surface area contributed by atoms with Crippen LogP contribution in [-0.4, -0.2) is 0 Å². The molecule has 0 bridgehead atoms. The first-order valence-electron chi connectivity index (χ1n) is 6.96. The van der Waals surface area contributed by atoms with Gasteiger partial charge >= 0.3 is 0 Å². The van der Waals surface area contributed by atoms with Gasteiger partial charge in [0.25, 0.3) is 0 Å². The van der Waals surface area contributed by atoms with Crippen LogP contribution < -0.4 is 5.32 Å². The van der Waals surface area contributed by atoms with Gasteiger partial charge in [0.05, 0.1) is 0 Å². The zero-order valence-electron chi connectivity index (χ0n) is 12.6. The molecule has 1 nitrogen and oxygen atoms in total. The van der Waals surface area contributed by atoms with Gasteiger partial charge in [0.2, 0.25) is 0 Å². The fraction of sp³-hybridized carbons (Fsp3) is 0.333. The topological polar surface area (TPSA) is 12.0 Å². The number of aryl methyl sites for hydroxylation is 1. The van der Waals surface area contributed by atoms with E-state index in [1.54, 1.807) is 0 Å². The molecule has 2 rings (SSSR count). The number of rotatable bonds is 3. The Hall–Kier alpha value is -1.28. The molecule has 0 amide bonds. The highest BCUT2D eigenvalue weighted by Crippen LogP contribution is 2.24. The van der Waals surface area contributed by atoms with Crippen LogP contribution >= 0.6 is 15.9 Å². The van der Waals surface area contributed by atoms with E-state index in [4.69, 9.17) is 0 Å². The van der Waals surface area contributed by atoms with Crippen LogP contribution in [0.3, 0.4) is 0 Å². The molecule has 20 heavy (non-hydrogen) atoms. The quantitative estimate of drug-likeness (QED) is 0.764. The SMILES string of the molecule is Cc1cc(CNc2ccc(C(C)(C)C)cc2)ccc1Br. The Morgan fingerprint density at radius 3 is 2.20 bits per heavy atom. The first kappa shape index (κ1) is 15.1. The summed E-state index contributed by atoms with van der Waals surface area (Å²) in [4.78, 5) is 0. The zero-order chi connectivity index (χ0) is 14.8. The van der Waals surface area contributed by atoms with Crippen molar-refractivity contribution >= 4 is 21.6 Å². The Morgan fingerprint density at radius 2 is 1.65 bits per heavy atom. The summed E-state index contributed by atoms with van der Waals surface area (Å²) in [7, 11) is 0. The molecule has 0 aromatic heterocycles. The molecule has 2 aromatic rings. The summed E-state index contributed by atoms with van der Waals surface area (Å²) in [5, 5.41) is 3.47. The van der Waals surface area contributed by atoms with E-state index in [0.717, 1.165) is 11.0 Å². The molecule has 0 saturated carbocycles. The van der Waals surface area contributed by atoms with Crippen LogP contribution in [0.5, 0.6) is 0 Å². The summed E-state index contributed by atoms with van der Waals surface area (Å²) in [6.07, 6.45) is 0. The van der Waals surface area contributed by atoms with Gasteiger partial charge in [-0.15, -0.1) is 0 Å². The van der Waals surface area contributed by atoms with E-state index < -0.39 is 0 Å². The normalized spacial score (nSPS) is 11.4. The lowest BCUT2D eigenvalue weighted by molar-refractivity contribution is 0.590. The molecule has 0 radical (unpaired) electrons. The van der Waals surface area contributed by atoms with E-state index in [2.05, 4.69) is 91.4 Å². The predicted molar refractivity (Wildman–Crippen MR) is 91.3 cm³/mol. The summed E-state index contributed by atoms with van der Waals surface area (Å²) in [6, 6.07) is 15.2. The first-order chi connectivity index (χ1) is 9.36. The molecule has 2 heteroatoms. The van der Waals surface area contributed by atoms with Gasteiger partial charge in [0.15, 0.2) is 0 Å². The van der Waals surface area contributed by atoms with Crippen molar-refractivity contribution in [1.82, 2.24) is 0 Å². The molecule has 0 spiro atoms. The fourth-order valence-corrected chi connectivity index (χ4v) is 2.36. The van der Waals surface area contributed by atoms with Gasteiger partial charge in [-0.1, -0.05) is 61.0 Å². The maximum absolute atomic E-state index is 3.53. The molecule has 0 saturated heterocycles. The van der Waals surface area contributed by atoms with Crippen LogP contribution in [-0.2, 0) is 12.0 Å². The fourth-order valence-electron chi connectivity index (χ4n) is 2.11. The molecular weight excluding hydrogens is 310 g/mol. The predicted octanol–water partition coefficient (Wildman–Crippen LogP) is 5.67. The minimum atomic E-state index is 0.210. The lowest BCUT2D eigenvalue weighted by Crippen LogP contribution is -2.10. The second-order valence-electron chi connectivity index (χ2n) is 6.26. The molecule has 0 aliphatic rings. The van der Waals surface area contributed by atoms with E-state index in [0.29, 0.717) is 0 Å². The molecular formula is C18H22BrN. The lowest BCUT2D eigenvalue weighted by Gasteiger charge is -2.19. The van der Waals surface area contributed by atoms with Gasteiger partial charge < -0.3 is 5.32 Å². The maximum atomic E-state index is 3.53. The average Bonchev–Trinajstić information content (AvgIpc) is 2.40. The van der Waals surface area contributed by atoms with Crippen molar-refractivity contribution in [3.8, 4) is 0 Å². The van der Waals surface area contributed by atoms with Gasteiger partial charge in [0, 0.05) is 16.7 Å². The molecule has 1 N–H and O–H groups in total. The number of anilines is 1. The third-order valence-corrected chi connectivity index (χ3v) is 4.36. The van der Waals surface area contributed by atoms with Gasteiger partial charge in [-0.2, -0.15) is 0 Å². The van der Waals surface area contributed by atoms with Crippen molar-refractivity contribution < 1.29 is 0 Å². The van der Waals surface area contributed by atoms with E-state index in [1.165, 1.54) is 22.4 Å². The smallest absolute Gasteiger partial charge is 0.0400 e. The molecule has 0 aliphatic heterocycles. The minimum Gasteiger partial charge on any atom is -0.381 e. The van der Waals surface area contributed by atoms with Crippen molar-refractivity contribution in [3.63, 3.8) is 0 Å². The molecule has 0 atom stereocenters. The molecule has 106 valence electrons. The van der Waals surface area contributed by atoms with Crippen molar-refractivity contribution in [2.24, 2.45) is 0 Å². The Balaban J connectivity index is 2.02. The highest BCUT2D eigenvalue weighted by atomic mass is 79.9.